The van der Waals surface area contributed by atoms with Crippen LogP contribution in [-0.2, 0) is 13.5 Å². The summed E-state index contributed by atoms with van der Waals surface area (Å²) in [5.74, 6) is 0. The quantitative estimate of drug-likeness (QED) is 0.892. The van der Waals surface area contributed by atoms with Gasteiger partial charge in [0, 0.05) is 29.1 Å². The summed E-state index contributed by atoms with van der Waals surface area (Å²) < 4.78 is 2.36. The monoisotopic (exact) mass is 362 g/mol. The molecule has 1 heterocycles. The fourth-order valence-corrected chi connectivity index (χ4v) is 2.87. The maximum Gasteiger partial charge on any atom is 0.130 e. The van der Waals surface area contributed by atoms with Gasteiger partial charge in [0.1, 0.15) is 5.15 Å². The summed E-state index contributed by atoms with van der Waals surface area (Å²) in [6, 6.07) is 5.48. The normalized spacial score (nSPS) is 12.7. The average Bonchev–Trinajstić information content (AvgIpc) is 2.59. The van der Waals surface area contributed by atoms with Gasteiger partial charge in [-0.05, 0) is 28.9 Å². The molecular weight excluding hydrogens is 351 g/mol. The zero-order valence-corrected chi connectivity index (χ0v) is 13.6. The number of aryl methyl sites for hydroxylation is 2. The molecule has 0 bridgehead atoms. The molecule has 3 nitrogen and oxygen atoms in total. The minimum atomic E-state index is -0.717. The van der Waals surface area contributed by atoms with Gasteiger partial charge in [0.15, 0.2) is 0 Å². The summed E-state index contributed by atoms with van der Waals surface area (Å²) in [5.41, 5.74) is 2.33. The Morgan fingerprint density at radius 3 is 2.68 bits per heavy atom. The van der Waals surface area contributed by atoms with Crippen molar-refractivity contribution in [2.24, 2.45) is 7.05 Å². The summed E-state index contributed by atoms with van der Waals surface area (Å²) in [6.07, 6.45) is -0.334. The van der Waals surface area contributed by atoms with E-state index in [-0.39, 0.29) is 0 Å². The highest BCUT2D eigenvalue weighted by molar-refractivity contribution is 9.10. The lowest BCUT2D eigenvalue weighted by molar-refractivity contribution is 0.178. The molecule has 0 aliphatic rings. The molecule has 102 valence electrons. The molecule has 0 saturated carbocycles. The molecule has 1 atom stereocenters. The molecule has 1 aromatic carbocycles. The van der Waals surface area contributed by atoms with Crippen molar-refractivity contribution in [2.75, 3.05) is 0 Å². The van der Waals surface area contributed by atoms with E-state index in [4.69, 9.17) is 23.2 Å². The van der Waals surface area contributed by atoms with E-state index in [1.165, 1.54) is 0 Å². The summed E-state index contributed by atoms with van der Waals surface area (Å²) in [6.45, 7) is 1.87. The van der Waals surface area contributed by atoms with Crippen LogP contribution < -0.4 is 0 Å². The first-order valence-electron chi connectivity index (χ1n) is 5.71. The molecule has 0 aliphatic heterocycles. The molecule has 6 heteroatoms. The van der Waals surface area contributed by atoms with Gasteiger partial charge >= 0.3 is 0 Å². The van der Waals surface area contributed by atoms with Crippen LogP contribution in [0.1, 0.15) is 22.9 Å². The second kappa shape index (κ2) is 5.83. The van der Waals surface area contributed by atoms with Gasteiger partial charge in [-0.2, -0.15) is 5.10 Å². The number of aromatic nitrogens is 2. The number of hydrogen-bond acceptors (Lipinski definition) is 2. The molecule has 0 fully saturated rings. The Morgan fingerprint density at radius 2 is 2.11 bits per heavy atom. The van der Waals surface area contributed by atoms with Crippen LogP contribution in [0, 0.1) is 6.92 Å². The van der Waals surface area contributed by atoms with Gasteiger partial charge in [0.05, 0.1) is 16.8 Å². The summed E-state index contributed by atoms with van der Waals surface area (Å²) in [4.78, 5) is 0. The zero-order valence-electron chi connectivity index (χ0n) is 10.5. The third kappa shape index (κ3) is 2.97. The molecular formula is C13H13BrCl2N2O. The Balaban J connectivity index is 2.31. The topological polar surface area (TPSA) is 38.0 Å². The second-order valence-corrected chi connectivity index (χ2v) is 5.93. The molecule has 0 aliphatic carbocycles. The van der Waals surface area contributed by atoms with Crippen molar-refractivity contribution in [1.82, 2.24) is 9.78 Å². The minimum Gasteiger partial charge on any atom is -0.388 e. The van der Waals surface area contributed by atoms with E-state index >= 15 is 0 Å². The first-order valence-corrected chi connectivity index (χ1v) is 7.26. The molecule has 2 rings (SSSR count). The summed E-state index contributed by atoms with van der Waals surface area (Å²) in [7, 11) is 1.78. The number of rotatable bonds is 3. The Kier molecular flexibility index (Phi) is 4.56. The Labute approximate surface area is 130 Å². The highest BCUT2D eigenvalue weighted by atomic mass is 79.9. The Morgan fingerprint density at radius 1 is 1.42 bits per heavy atom. The van der Waals surface area contributed by atoms with E-state index in [1.54, 1.807) is 17.8 Å². The largest absolute Gasteiger partial charge is 0.388 e. The van der Waals surface area contributed by atoms with Crippen LogP contribution in [0.2, 0.25) is 10.2 Å². The number of hydrogen-bond donors (Lipinski definition) is 1. The van der Waals surface area contributed by atoms with E-state index < -0.39 is 6.10 Å². The Hall–Kier alpha value is -0.550. The first-order chi connectivity index (χ1) is 8.91. The lowest BCUT2D eigenvalue weighted by Gasteiger charge is -2.13. The third-order valence-electron chi connectivity index (χ3n) is 3.01. The van der Waals surface area contributed by atoms with E-state index in [0.717, 1.165) is 15.7 Å². The van der Waals surface area contributed by atoms with Gasteiger partial charge < -0.3 is 5.11 Å². The van der Waals surface area contributed by atoms with E-state index in [0.29, 0.717) is 22.2 Å². The van der Waals surface area contributed by atoms with Gasteiger partial charge in [0.25, 0.3) is 0 Å². The molecule has 0 radical (unpaired) electrons. The van der Waals surface area contributed by atoms with Crippen LogP contribution in [0.4, 0.5) is 0 Å². The summed E-state index contributed by atoms with van der Waals surface area (Å²) >= 11 is 15.7. The summed E-state index contributed by atoms with van der Waals surface area (Å²) in [5, 5.41) is 15.6. The van der Waals surface area contributed by atoms with Crippen molar-refractivity contribution in [3.8, 4) is 0 Å². The third-order valence-corrected chi connectivity index (χ3v) is 4.79. The van der Waals surface area contributed by atoms with Crippen LogP contribution in [0.3, 0.4) is 0 Å². The number of aliphatic hydroxyl groups excluding tert-OH is 1. The molecule has 1 N–H and O–H groups in total. The molecule has 0 saturated heterocycles. The number of halogens is 3. The molecule has 1 aromatic heterocycles. The molecule has 2 aromatic rings. The second-order valence-electron chi connectivity index (χ2n) is 4.34. The maximum atomic E-state index is 10.3. The van der Waals surface area contributed by atoms with Crippen molar-refractivity contribution in [3.05, 3.63) is 49.7 Å². The number of nitrogens with zero attached hydrogens (tertiary/aromatic N) is 2. The predicted molar refractivity (Wildman–Crippen MR) is 80.8 cm³/mol. The average molecular weight is 364 g/mol. The molecule has 19 heavy (non-hydrogen) atoms. The van der Waals surface area contributed by atoms with Crippen LogP contribution in [0.5, 0.6) is 0 Å². The van der Waals surface area contributed by atoms with Crippen LogP contribution >= 0.6 is 39.1 Å². The predicted octanol–water partition coefficient (Wildman–Crippen LogP) is 4.07. The van der Waals surface area contributed by atoms with Crippen LogP contribution in [-0.4, -0.2) is 14.9 Å². The van der Waals surface area contributed by atoms with Crippen molar-refractivity contribution in [1.29, 1.82) is 0 Å². The van der Waals surface area contributed by atoms with Gasteiger partial charge in [-0.25, -0.2) is 0 Å². The number of benzene rings is 1. The van der Waals surface area contributed by atoms with Crippen LogP contribution in [0.25, 0.3) is 0 Å². The molecule has 0 amide bonds. The fourth-order valence-electron chi connectivity index (χ4n) is 1.99. The maximum absolute atomic E-state index is 10.3. The van der Waals surface area contributed by atoms with E-state index in [2.05, 4.69) is 21.0 Å². The highest BCUT2D eigenvalue weighted by Crippen LogP contribution is 2.33. The van der Waals surface area contributed by atoms with Crippen molar-refractivity contribution >= 4 is 39.1 Å². The zero-order chi connectivity index (χ0) is 14.2. The van der Waals surface area contributed by atoms with E-state index in [1.807, 2.05) is 19.1 Å². The van der Waals surface area contributed by atoms with Gasteiger partial charge in [0.2, 0.25) is 0 Å². The first kappa shape index (κ1) is 14.9. The standard InChI is InChI=1S/C13H13BrCl2N2O/c1-7-9(13(16)18(2)17-7)6-11(19)8-4-3-5-10(14)12(8)15/h3-5,11,19H,6H2,1-2H3. The lowest BCUT2D eigenvalue weighted by atomic mass is 10.0. The van der Waals surface area contributed by atoms with Crippen molar-refractivity contribution in [3.63, 3.8) is 0 Å². The SMILES string of the molecule is Cc1nn(C)c(Cl)c1CC(O)c1cccc(Br)c1Cl. The lowest BCUT2D eigenvalue weighted by Crippen LogP contribution is -2.04. The molecule has 0 spiro atoms. The van der Waals surface area contributed by atoms with Crippen molar-refractivity contribution < 1.29 is 5.11 Å². The van der Waals surface area contributed by atoms with Gasteiger partial charge in [-0.3, -0.25) is 4.68 Å². The van der Waals surface area contributed by atoms with Gasteiger partial charge in [-0.1, -0.05) is 35.3 Å². The highest BCUT2D eigenvalue weighted by Gasteiger charge is 2.19. The van der Waals surface area contributed by atoms with Gasteiger partial charge in [-0.15, -0.1) is 0 Å². The Bertz CT molecular complexity index is 613. The smallest absolute Gasteiger partial charge is 0.130 e. The molecule has 1 unspecified atom stereocenters. The fraction of sp³-hybridized carbons (Fsp3) is 0.308. The van der Waals surface area contributed by atoms with E-state index in [9.17, 15) is 5.11 Å². The van der Waals surface area contributed by atoms with Crippen molar-refractivity contribution in [2.45, 2.75) is 19.4 Å². The number of aliphatic hydroxyl groups is 1. The van der Waals surface area contributed by atoms with Crippen LogP contribution in [0.15, 0.2) is 22.7 Å². The minimum absolute atomic E-state index is 0.384.